The van der Waals surface area contributed by atoms with Crippen LogP contribution in [-0.4, -0.2) is 43.5 Å². The van der Waals surface area contributed by atoms with E-state index in [9.17, 15) is 15.0 Å². The van der Waals surface area contributed by atoms with E-state index >= 15 is 0 Å². The highest BCUT2D eigenvalue weighted by Gasteiger charge is 2.60. The number of rotatable bonds is 9. The second-order valence-corrected chi connectivity index (χ2v) is 10.1. The molecule has 0 saturated heterocycles. The number of fused-ring (bicyclic) bond motifs is 1. The van der Waals surface area contributed by atoms with Crippen molar-refractivity contribution in [3.05, 3.63) is 102 Å². The molecule has 210 valence electrons. The maximum atomic E-state index is 12.7. The normalized spacial score (nSPS) is 21.4. The Balaban J connectivity index is 1.37. The predicted molar refractivity (Wildman–Crippen MR) is 151 cm³/mol. The Bertz CT molecular complexity index is 1510. The Morgan fingerprint density at radius 2 is 1.39 bits per heavy atom. The lowest BCUT2D eigenvalue weighted by molar-refractivity contribution is -0.165. The monoisotopic (exact) mass is 554 g/mol. The van der Waals surface area contributed by atoms with Crippen LogP contribution in [0.15, 0.2) is 91.0 Å². The van der Waals surface area contributed by atoms with E-state index in [1.807, 2.05) is 72.8 Å². The summed E-state index contributed by atoms with van der Waals surface area (Å²) >= 11 is 0. The van der Waals surface area contributed by atoms with Crippen LogP contribution in [-0.2, 0) is 4.79 Å². The molecule has 8 heteroatoms. The molecule has 5 atom stereocenters. The number of aliphatic hydroxyl groups is 1. The van der Waals surface area contributed by atoms with Crippen LogP contribution >= 0.6 is 0 Å². The highest BCUT2D eigenvalue weighted by atomic mass is 16.7. The quantitative estimate of drug-likeness (QED) is 0.254. The molecule has 8 nitrogen and oxygen atoms in total. The summed E-state index contributed by atoms with van der Waals surface area (Å²) in [4.78, 5) is 12.7. The van der Waals surface area contributed by atoms with E-state index in [1.54, 1.807) is 32.4 Å². The molecule has 1 aliphatic carbocycles. The predicted octanol–water partition coefficient (Wildman–Crippen LogP) is 5.69. The molecular weight excluding hydrogens is 524 g/mol. The maximum absolute atomic E-state index is 12.7. The molecule has 1 saturated carbocycles. The second-order valence-electron chi connectivity index (χ2n) is 10.1. The first-order valence-electron chi connectivity index (χ1n) is 13.3. The largest absolute Gasteiger partial charge is 0.496 e. The number of aliphatic carboxylic acids is 1. The van der Waals surface area contributed by atoms with E-state index in [0.717, 1.165) is 11.1 Å². The Hall–Kier alpha value is -4.69. The topological polar surface area (TPSA) is 104 Å². The lowest BCUT2D eigenvalue weighted by atomic mass is 9.52. The molecule has 41 heavy (non-hydrogen) atoms. The molecule has 0 amide bonds. The third kappa shape index (κ3) is 4.80. The molecule has 0 bridgehead atoms. The van der Waals surface area contributed by atoms with Gasteiger partial charge in [-0.25, -0.2) is 0 Å². The van der Waals surface area contributed by atoms with Crippen LogP contribution in [0.3, 0.4) is 0 Å². The van der Waals surface area contributed by atoms with Crippen molar-refractivity contribution in [2.75, 3.05) is 21.0 Å². The SMILES string of the molecule is COc1ccccc1C1C(C(=O)O)[C@@H](c2ccccc2OC)C1C(O)Oc1cccc(-c2ccc3c(c2)OCO3)c1. The van der Waals surface area contributed by atoms with E-state index in [-0.39, 0.29) is 6.79 Å². The first-order chi connectivity index (χ1) is 20.0. The van der Waals surface area contributed by atoms with E-state index in [1.165, 1.54) is 0 Å². The van der Waals surface area contributed by atoms with Crippen molar-refractivity contribution in [2.24, 2.45) is 11.8 Å². The van der Waals surface area contributed by atoms with Gasteiger partial charge in [-0.2, -0.15) is 0 Å². The van der Waals surface area contributed by atoms with Crippen molar-refractivity contribution in [1.82, 2.24) is 0 Å². The fraction of sp³-hybridized carbons (Fsp3) is 0.242. The van der Waals surface area contributed by atoms with Crippen LogP contribution in [0, 0.1) is 11.8 Å². The van der Waals surface area contributed by atoms with Gasteiger partial charge in [0.1, 0.15) is 17.2 Å². The van der Waals surface area contributed by atoms with Gasteiger partial charge in [-0.05, 0) is 58.7 Å². The fourth-order valence-electron chi connectivity index (χ4n) is 6.17. The molecule has 0 spiro atoms. The molecule has 0 radical (unpaired) electrons. The Kier molecular flexibility index (Phi) is 7.15. The van der Waals surface area contributed by atoms with E-state index in [0.29, 0.717) is 39.9 Å². The summed E-state index contributed by atoms with van der Waals surface area (Å²) in [5.41, 5.74) is 3.18. The minimum Gasteiger partial charge on any atom is -0.496 e. The highest BCUT2D eigenvalue weighted by Crippen LogP contribution is 2.61. The van der Waals surface area contributed by atoms with Gasteiger partial charge in [0, 0.05) is 17.8 Å². The molecule has 2 N–H and O–H groups in total. The van der Waals surface area contributed by atoms with Crippen molar-refractivity contribution in [3.63, 3.8) is 0 Å². The minimum atomic E-state index is -1.33. The van der Waals surface area contributed by atoms with Gasteiger partial charge in [-0.15, -0.1) is 0 Å². The van der Waals surface area contributed by atoms with Crippen LogP contribution in [0.1, 0.15) is 23.0 Å². The molecule has 6 rings (SSSR count). The average Bonchev–Trinajstić information content (AvgIpc) is 3.45. The lowest BCUT2D eigenvalue weighted by Gasteiger charge is -2.52. The summed E-state index contributed by atoms with van der Waals surface area (Å²) in [5.74, 6) is -0.649. The Labute approximate surface area is 237 Å². The number of hydrogen-bond donors (Lipinski definition) is 2. The number of methoxy groups -OCH3 is 2. The van der Waals surface area contributed by atoms with Crippen molar-refractivity contribution < 1.29 is 38.7 Å². The summed E-state index contributed by atoms with van der Waals surface area (Å²) in [5, 5.41) is 22.1. The zero-order valence-electron chi connectivity index (χ0n) is 22.6. The summed E-state index contributed by atoms with van der Waals surface area (Å²) in [7, 11) is 3.10. The number of carbonyl (C=O) groups is 1. The Morgan fingerprint density at radius 3 is 2.02 bits per heavy atom. The standard InChI is InChI=1S/C33H30O8/c1-37-24-12-5-3-10-22(24)28-30(32(34)35)29(23-11-4-6-13-25(23)38-2)31(28)33(36)41-21-9-7-8-19(16-21)20-14-15-26-27(17-20)40-18-39-26/h3-17,28-31,33,36H,18H2,1-2H3,(H,34,35)/t28-,29?,30?,31?,33?/m1/s1. The molecule has 4 aromatic rings. The summed E-state index contributed by atoms with van der Waals surface area (Å²) in [6.45, 7) is 0.188. The number of carboxylic acids is 1. The number of aliphatic hydroxyl groups excluding tert-OH is 1. The van der Waals surface area contributed by atoms with Crippen molar-refractivity contribution in [2.45, 2.75) is 18.1 Å². The zero-order chi connectivity index (χ0) is 28.5. The average molecular weight is 555 g/mol. The summed E-state index contributed by atoms with van der Waals surface area (Å²) < 4.78 is 28.3. The van der Waals surface area contributed by atoms with Crippen LogP contribution in [0.4, 0.5) is 0 Å². The molecule has 4 aromatic carbocycles. The number of carboxylic acid groups (broad SMARTS) is 1. The molecule has 1 heterocycles. The van der Waals surface area contributed by atoms with Crippen LogP contribution < -0.4 is 23.7 Å². The van der Waals surface area contributed by atoms with Gasteiger partial charge in [-0.3, -0.25) is 4.79 Å². The van der Waals surface area contributed by atoms with Crippen LogP contribution in [0.5, 0.6) is 28.7 Å². The zero-order valence-corrected chi connectivity index (χ0v) is 22.6. The van der Waals surface area contributed by atoms with E-state index in [4.69, 9.17) is 23.7 Å². The first-order valence-corrected chi connectivity index (χ1v) is 13.3. The van der Waals surface area contributed by atoms with Gasteiger partial charge in [0.2, 0.25) is 13.1 Å². The minimum absolute atomic E-state index is 0.188. The Morgan fingerprint density at radius 1 is 0.780 bits per heavy atom. The molecule has 1 fully saturated rings. The van der Waals surface area contributed by atoms with Gasteiger partial charge in [0.05, 0.1) is 20.1 Å². The molecule has 2 aliphatic rings. The van der Waals surface area contributed by atoms with Gasteiger partial charge >= 0.3 is 5.97 Å². The maximum Gasteiger partial charge on any atom is 0.307 e. The third-order valence-corrected chi connectivity index (χ3v) is 8.01. The van der Waals surface area contributed by atoms with Crippen LogP contribution in [0.2, 0.25) is 0 Å². The third-order valence-electron chi connectivity index (χ3n) is 8.01. The molecule has 4 unspecified atom stereocenters. The number of ether oxygens (including phenoxy) is 5. The first kappa shape index (κ1) is 26.5. The van der Waals surface area contributed by atoms with Gasteiger partial charge in [-0.1, -0.05) is 54.6 Å². The molecule has 0 aromatic heterocycles. The fourth-order valence-corrected chi connectivity index (χ4v) is 6.17. The van der Waals surface area contributed by atoms with Crippen molar-refractivity contribution in [3.8, 4) is 39.9 Å². The van der Waals surface area contributed by atoms with E-state index in [2.05, 4.69) is 0 Å². The number of hydrogen-bond acceptors (Lipinski definition) is 7. The summed E-state index contributed by atoms with van der Waals surface area (Å²) in [6.07, 6.45) is -1.33. The molecular formula is C33H30O8. The second kappa shape index (κ2) is 11.1. The van der Waals surface area contributed by atoms with Crippen molar-refractivity contribution >= 4 is 5.97 Å². The van der Waals surface area contributed by atoms with E-state index < -0.39 is 35.9 Å². The van der Waals surface area contributed by atoms with Crippen LogP contribution in [0.25, 0.3) is 11.1 Å². The highest BCUT2D eigenvalue weighted by molar-refractivity contribution is 5.76. The van der Waals surface area contributed by atoms with Crippen molar-refractivity contribution in [1.29, 1.82) is 0 Å². The molecule has 1 aliphatic heterocycles. The number of para-hydroxylation sites is 2. The lowest BCUT2D eigenvalue weighted by Crippen LogP contribution is -2.53. The smallest absolute Gasteiger partial charge is 0.307 e. The van der Waals surface area contributed by atoms with Gasteiger partial charge in [0.15, 0.2) is 11.5 Å². The summed E-state index contributed by atoms with van der Waals surface area (Å²) in [6, 6.07) is 27.7. The van der Waals surface area contributed by atoms with Gasteiger partial charge < -0.3 is 33.9 Å². The number of benzene rings is 4. The van der Waals surface area contributed by atoms with Gasteiger partial charge in [0.25, 0.3) is 0 Å².